The summed E-state index contributed by atoms with van der Waals surface area (Å²) in [5.74, 6) is 0.595. The Kier molecular flexibility index (Phi) is 7.53. The number of nitrogens with one attached hydrogen (secondary N) is 1. The third kappa shape index (κ3) is 5.20. The van der Waals surface area contributed by atoms with Crippen LogP contribution in [0.2, 0.25) is 0 Å². The quantitative estimate of drug-likeness (QED) is 0.731. The van der Waals surface area contributed by atoms with Gasteiger partial charge in [0, 0.05) is 31.5 Å². The number of likely N-dealkylation sites (tertiary alicyclic amines) is 1. The van der Waals surface area contributed by atoms with Crippen LogP contribution in [0.1, 0.15) is 71.6 Å². The molecule has 2 amide bonds. The zero-order chi connectivity index (χ0) is 17.5. The first-order chi connectivity index (χ1) is 11.5. The van der Waals surface area contributed by atoms with Crippen LogP contribution in [-0.2, 0) is 9.59 Å². The highest BCUT2D eigenvalue weighted by molar-refractivity contribution is 5.88. The van der Waals surface area contributed by atoms with Crippen molar-refractivity contribution >= 4 is 11.8 Å². The molecule has 2 fully saturated rings. The second-order valence-corrected chi connectivity index (χ2v) is 7.89. The van der Waals surface area contributed by atoms with E-state index in [9.17, 15) is 14.7 Å². The van der Waals surface area contributed by atoms with Gasteiger partial charge in [-0.3, -0.25) is 9.59 Å². The molecule has 3 atom stereocenters. The summed E-state index contributed by atoms with van der Waals surface area (Å²) in [5, 5.41) is 12.8. The molecule has 5 nitrogen and oxygen atoms in total. The molecule has 1 saturated heterocycles. The third-order valence-corrected chi connectivity index (χ3v) is 5.45. The SMILES string of the molecule is CC(C)CC(C(=O)NC1CCCCCC1CO)N1CCCCC1=O. The monoisotopic (exact) mass is 338 g/mol. The summed E-state index contributed by atoms with van der Waals surface area (Å²) >= 11 is 0. The minimum Gasteiger partial charge on any atom is -0.396 e. The number of aliphatic hydroxyl groups is 1. The van der Waals surface area contributed by atoms with Crippen molar-refractivity contribution in [1.29, 1.82) is 0 Å². The van der Waals surface area contributed by atoms with Gasteiger partial charge in [-0.15, -0.1) is 0 Å². The minimum atomic E-state index is -0.361. The molecular formula is C19H34N2O3. The highest BCUT2D eigenvalue weighted by Crippen LogP contribution is 2.24. The summed E-state index contributed by atoms with van der Waals surface area (Å²) in [7, 11) is 0. The first-order valence-corrected chi connectivity index (χ1v) is 9.73. The molecule has 2 N–H and O–H groups in total. The molecule has 0 bridgehead atoms. The normalized spacial score (nSPS) is 27.0. The van der Waals surface area contributed by atoms with E-state index in [0.29, 0.717) is 25.3 Å². The molecule has 138 valence electrons. The predicted octanol–water partition coefficient (Wildman–Crippen LogP) is 2.47. The van der Waals surface area contributed by atoms with Crippen molar-refractivity contribution < 1.29 is 14.7 Å². The number of rotatable bonds is 6. The van der Waals surface area contributed by atoms with Crippen molar-refractivity contribution in [3.8, 4) is 0 Å². The zero-order valence-electron chi connectivity index (χ0n) is 15.3. The van der Waals surface area contributed by atoms with E-state index in [4.69, 9.17) is 0 Å². The van der Waals surface area contributed by atoms with Crippen LogP contribution < -0.4 is 5.32 Å². The molecule has 3 unspecified atom stereocenters. The molecule has 2 rings (SSSR count). The lowest BCUT2D eigenvalue weighted by Crippen LogP contribution is -2.54. The van der Waals surface area contributed by atoms with Gasteiger partial charge in [-0.05, 0) is 38.0 Å². The number of nitrogens with zero attached hydrogens (tertiary/aromatic N) is 1. The average Bonchev–Trinajstić information content (AvgIpc) is 2.78. The Hall–Kier alpha value is -1.10. The van der Waals surface area contributed by atoms with Gasteiger partial charge in [-0.2, -0.15) is 0 Å². The molecule has 1 heterocycles. The van der Waals surface area contributed by atoms with Crippen molar-refractivity contribution in [3.05, 3.63) is 0 Å². The van der Waals surface area contributed by atoms with Gasteiger partial charge in [0.2, 0.25) is 11.8 Å². The predicted molar refractivity (Wildman–Crippen MR) is 94.4 cm³/mol. The molecule has 24 heavy (non-hydrogen) atoms. The van der Waals surface area contributed by atoms with Crippen LogP contribution in [0.4, 0.5) is 0 Å². The minimum absolute atomic E-state index is 0.0238. The van der Waals surface area contributed by atoms with Gasteiger partial charge in [-0.25, -0.2) is 0 Å². The highest BCUT2D eigenvalue weighted by atomic mass is 16.3. The standard InChI is InChI=1S/C19H34N2O3/c1-14(2)12-17(21-11-7-6-10-18(21)23)19(24)20-16-9-5-3-4-8-15(16)13-22/h14-17,22H,3-13H2,1-2H3,(H,20,24). The Bertz CT molecular complexity index is 425. The van der Waals surface area contributed by atoms with Gasteiger partial charge in [-0.1, -0.05) is 33.1 Å². The van der Waals surface area contributed by atoms with E-state index in [1.165, 1.54) is 6.42 Å². The summed E-state index contributed by atoms with van der Waals surface area (Å²) in [5.41, 5.74) is 0. The van der Waals surface area contributed by atoms with Crippen LogP contribution in [0.5, 0.6) is 0 Å². The van der Waals surface area contributed by atoms with Crippen molar-refractivity contribution in [2.75, 3.05) is 13.2 Å². The van der Waals surface area contributed by atoms with Crippen LogP contribution >= 0.6 is 0 Å². The topological polar surface area (TPSA) is 69.6 Å². The largest absolute Gasteiger partial charge is 0.396 e. The Morgan fingerprint density at radius 2 is 1.96 bits per heavy atom. The van der Waals surface area contributed by atoms with E-state index in [0.717, 1.165) is 38.5 Å². The van der Waals surface area contributed by atoms with Crippen molar-refractivity contribution in [2.24, 2.45) is 11.8 Å². The van der Waals surface area contributed by atoms with E-state index >= 15 is 0 Å². The average molecular weight is 338 g/mol. The second kappa shape index (κ2) is 9.40. The van der Waals surface area contributed by atoms with Gasteiger partial charge >= 0.3 is 0 Å². The Labute approximate surface area is 146 Å². The number of aliphatic hydroxyl groups excluding tert-OH is 1. The first kappa shape index (κ1) is 19.2. The van der Waals surface area contributed by atoms with E-state index < -0.39 is 0 Å². The van der Waals surface area contributed by atoms with Gasteiger partial charge in [0.15, 0.2) is 0 Å². The van der Waals surface area contributed by atoms with Crippen LogP contribution in [0.15, 0.2) is 0 Å². The number of carbonyl (C=O) groups excluding carboxylic acids is 2. The van der Waals surface area contributed by atoms with E-state index in [1.807, 2.05) is 0 Å². The zero-order valence-corrected chi connectivity index (χ0v) is 15.3. The Morgan fingerprint density at radius 3 is 2.62 bits per heavy atom. The number of carbonyl (C=O) groups is 2. The maximum atomic E-state index is 13.0. The number of amides is 2. The molecular weight excluding hydrogens is 304 g/mol. The fourth-order valence-electron chi connectivity index (χ4n) is 4.05. The maximum absolute atomic E-state index is 13.0. The van der Waals surface area contributed by atoms with E-state index in [1.54, 1.807) is 4.90 Å². The molecule has 0 aromatic rings. The van der Waals surface area contributed by atoms with Gasteiger partial charge in [0.1, 0.15) is 6.04 Å². The van der Waals surface area contributed by atoms with E-state index in [2.05, 4.69) is 19.2 Å². The molecule has 1 aliphatic heterocycles. The van der Waals surface area contributed by atoms with Crippen molar-refractivity contribution in [2.45, 2.75) is 83.7 Å². The second-order valence-electron chi connectivity index (χ2n) is 7.89. The lowest BCUT2D eigenvalue weighted by molar-refractivity contribution is -0.143. The summed E-state index contributed by atoms with van der Waals surface area (Å²) in [6, 6.07) is -0.319. The molecule has 2 aliphatic rings. The van der Waals surface area contributed by atoms with Gasteiger partial charge < -0.3 is 15.3 Å². The first-order valence-electron chi connectivity index (χ1n) is 9.73. The lowest BCUT2D eigenvalue weighted by atomic mass is 9.94. The molecule has 1 saturated carbocycles. The van der Waals surface area contributed by atoms with Gasteiger partial charge in [0.05, 0.1) is 0 Å². The number of piperidine rings is 1. The maximum Gasteiger partial charge on any atom is 0.243 e. The van der Waals surface area contributed by atoms with Crippen LogP contribution in [0.25, 0.3) is 0 Å². The molecule has 1 aliphatic carbocycles. The number of hydrogen-bond donors (Lipinski definition) is 2. The lowest BCUT2D eigenvalue weighted by Gasteiger charge is -2.36. The van der Waals surface area contributed by atoms with E-state index in [-0.39, 0.29) is 36.4 Å². The van der Waals surface area contributed by atoms with Crippen molar-refractivity contribution in [1.82, 2.24) is 10.2 Å². The summed E-state index contributed by atoms with van der Waals surface area (Å²) in [6.45, 7) is 5.01. The van der Waals surface area contributed by atoms with Crippen LogP contribution in [0, 0.1) is 11.8 Å². The molecule has 5 heteroatoms. The summed E-state index contributed by atoms with van der Waals surface area (Å²) < 4.78 is 0. The van der Waals surface area contributed by atoms with Crippen molar-refractivity contribution in [3.63, 3.8) is 0 Å². The highest BCUT2D eigenvalue weighted by Gasteiger charge is 2.34. The van der Waals surface area contributed by atoms with Crippen LogP contribution in [0.3, 0.4) is 0 Å². The molecule has 0 aromatic heterocycles. The third-order valence-electron chi connectivity index (χ3n) is 5.45. The summed E-state index contributed by atoms with van der Waals surface area (Å²) in [4.78, 5) is 27.1. The fourth-order valence-corrected chi connectivity index (χ4v) is 4.05. The van der Waals surface area contributed by atoms with Crippen LogP contribution in [-0.4, -0.2) is 47.1 Å². The molecule has 0 spiro atoms. The molecule has 0 aromatic carbocycles. The summed E-state index contributed by atoms with van der Waals surface area (Å²) in [6.07, 6.45) is 8.47. The Balaban J connectivity index is 2.06. The Morgan fingerprint density at radius 1 is 1.21 bits per heavy atom. The number of hydrogen-bond acceptors (Lipinski definition) is 3. The van der Waals surface area contributed by atoms with Gasteiger partial charge in [0.25, 0.3) is 0 Å². The smallest absolute Gasteiger partial charge is 0.243 e. The molecule has 0 radical (unpaired) electrons. The fraction of sp³-hybridized carbons (Fsp3) is 0.895.